The van der Waals surface area contributed by atoms with Gasteiger partial charge in [-0.15, -0.1) is 5.11 Å². The molecule has 4 heteroatoms. The van der Waals surface area contributed by atoms with Crippen molar-refractivity contribution in [3.05, 3.63) is 53.6 Å². The number of anilines is 1. The Morgan fingerprint density at radius 3 is 2.30 bits per heavy atom. The van der Waals surface area contributed by atoms with Crippen LogP contribution in [-0.4, -0.2) is 14.1 Å². The van der Waals surface area contributed by atoms with E-state index in [0.29, 0.717) is 11.3 Å². The largest absolute Gasteiger partial charge is 0.378 e. The van der Waals surface area contributed by atoms with Crippen LogP contribution in [-0.2, 0) is 0 Å². The van der Waals surface area contributed by atoms with Crippen LogP contribution in [0.5, 0.6) is 0 Å². The minimum atomic E-state index is 0.540. The Morgan fingerprint density at radius 2 is 1.70 bits per heavy atom. The zero-order valence-electron chi connectivity index (χ0n) is 11.8. The molecule has 0 aliphatic heterocycles. The van der Waals surface area contributed by atoms with Gasteiger partial charge in [-0.1, -0.05) is 6.07 Å². The van der Waals surface area contributed by atoms with Gasteiger partial charge in [-0.05, 0) is 48.9 Å². The van der Waals surface area contributed by atoms with Crippen molar-refractivity contribution in [1.82, 2.24) is 0 Å². The molecule has 0 amide bonds. The molecule has 2 aromatic rings. The molecule has 0 bridgehead atoms. The predicted molar refractivity (Wildman–Crippen MR) is 80.8 cm³/mol. The van der Waals surface area contributed by atoms with Crippen molar-refractivity contribution in [2.24, 2.45) is 10.2 Å². The van der Waals surface area contributed by atoms with E-state index in [1.165, 1.54) is 0 Å². The highest BCUT2D eigenvalue weighted by Crippen LogP contribution is 2.24. The van der Waals surface area contributed by atoms with Crippen molar-refractivity contribution < 1.29 is 0 Å². The number of benzene rings is 2. The van der Waals surface area contributed by atoms with Gasteiger partial charge in [0.25, 0.3) is 0 Å². The average molecular weight is 264 g/mol. The topological polar surface area (TPSA) is 51.8 Å². The van der Waals surface area contributed by atoms with E-state index in [4.69, 9.17) is 5.26 Å². The Morgan fingerprint density at radius 1 is 1.00 bits per heavy atom. The predicted octanol–water partition coefficient (Wildman–Crippen LogP) is 4.35. The lowest BCUT2D eigenvalue weighted by Gasteiger charge is -2.11. The summed E-state index contributed by atoms with van der Waals surface area (Å²) in [6, 6.07) is 15.4. The van der Waals surface area contributed by atoms with E-state index >= 15 is 0 Å². The van der Waals surface area contributed by atoms with E-state index in [1.54, 1.807) is 0 Å². The minimum absolute atomic E-state index is 0.540. The molecule has 0 saturated carbocycles. The molecule has 0 saturated heterocycles. The molecule has 0 spiro atoms. The number of nitrogens with zero attached hydrogens (tertiary/aromatic N) is 4. The summed E-state index contributed by atoms with van der Waals surface area (Å²) >= 11 is 0. The van der Waals surface area contributed by atoms with Gasteiger partial charge in [0.2, 0.25) is 0 Å². The van der Waals surface area contributed by atoms with Crippen LogP contribution < -0.4 is 4.90 Å². The second kappa shape index (κ2) is 5.98. The van der Waals surface area contributed by atoms with Crippen molar-refractivity contribution in [1.29, 1.82) is 5.26 Å². The number of rotatable bonds is 3. The van der Waals surface area contributed by atoms with Crippen molar-refractivity contribution >= 4 is 17.1 Å². The Kier molecular flexibility index (Phi) is 4.11. The first-order valence-corrected chi connectivity index (χ1v) is 6.30. The molecular weight excluding hydrogens is 248 g/mol. The average Bonchev–Trinajstić information content (AvgIpc) is 2.46. The van der Waals surface area contributed by atoms with E-state index in [1.807, 2.05) is 68.4 Å². The molecule has 20 heavy (non-hydrogen) atoms. The number of azo groups is 1. The fourth-order valence-corrected chi connectivity index (χ4v) is 1.76. The summed E-state index contributed by atoms with van der Waals surface area (Å²) < 4.78 is 0. The molecule has 0 aliphatic rings. The zero-order valence-corrected chi connectivity index (χ0v) is 11.8. The number of hydrogen-bond donors (Lipinski definition) is 0. The highest BCUT2D eigenvalue weighted by molar-refractivity contribution is 5.55. The van der Waals surface area contributed by atoms with Crippen LogP contribution >= 0.6 is 0 Å². The Bertz CT molecular complexity index is 664. The highest BCUT2D eigenvalue weighted by atomic mass is 15.1. The SMILES string of the molecule is Cc1ccc(N=Nc2ccc(N(C)C)cc2)c(C#N)c1. The van der Waals surface area contributed by atoms with Gasteiger partial charge in [0, 0.05) is 19.8 Å². The second-order valence-electron chi connectivity index (χ2n) is 4.74. The summed E-state index contributed by atoms with van der Waals surface area (Å²) in [6.45, 7) is 1.95. The minimum Gasteiger partial charge on any atom is -0.378 e. The van der Waals surface area contributed by atoms with Gasteiger partial charge in [-0.25, -0.2) is 0 Å². The van der Waals surface area contributed by atoms with E-state index in [2.05, 4.69) is 16.3 Å². The fourth-order valence-electron chi connectivity index (χ4n) is 1.76. The monoisotopic (exact) mass is 264 g/mol. The van der Waals surface area contributed by atoms with Gasteiger partial charge in [0.15, 0.2) is 0 Å². The van der Waals surface area contributed by atoms with Crippen LogP contribution in [0.2, 0.25) is 0 Å². The van der Waals surface area contributed by atoms with Gasteiger partial charge in [-0.3, -0.25) is 0 Å². The lowest BCUT2D eigenvalue weighted by molar-refractivity contribution is 1.13. The Labute approximate surface area is 119 Å². The van der Waals surface area contributed by atoms with Crippen LogP contribution in [0.25, 0.3) is 0 Å². The summed E-state index contributed by atoms with van der Waals surface area (Å²) in [6.07, 6.45) is 0. The van der Waals surface area contributed by atoms with E-state index in [0.717, 1.165) is 16.9 Å². The lowest BCUT2D eigenvalue weighted by Crippen LogP contribution is -2.07. The summed E-state index contributed by atoms with van der Waals surface area (Å²) in [5.74, 6) is 0. The Hall–Kier alpha value is -2.67. The maximum Gasteiger partial charge on any atom is 0.103 e. The van der Waals surface area contributed by atoms with Gasteiger partial charge in [0.1, 0.15) is 11.8 Å². The van der Waals surface area contributed by atoms with Gasteiger partial charge >= 0.3 is 0 Å². The molecule has 4 nitrogen and oxygen atoms in total. The first kappa shape index (κ1) is 13.8. The molecule has 0 radical (unpaired) electrons. The third kappa shape index (κ3) is 3.21. The summed E-state index contributed by atoms with van der Waals surface area (Å²) in [4.78, 5) is 2.02. The van der Waals surface area contributed by atoms with Crippen molar-refractivity contribution in [2.45, 2.75) is 6.92 Å². The van der Waals surface area contributed by atoms with E-state index in [9.17, 15) is 0 Å². The van der Waals surface area contributed by atoms with Crippen molar-refractivity contribution in [3.63, 3.8) is 0 Å². The van der Waals surface area contributed by atoms with Gasteiger partial charge in [0.05, 0.1) is 11.3 Å². The number of aryl methyl sites for hydroxylation is 1. The standard InChI is InChI=1S/C16H16N4/c1-12-4-9-16(13(10-12)11-17)19-18-14-5-7-15(8-6-14)20(2)3/h4-10H,1-3H3. The van der Waals surface area contributed by atoms with Gasteiger partial charge in [-0.2, -0.15) is 10.4 Å². The van der Waals surface area contributed by atoms with Crippen molar-refractivity contribution in [3.8, 4) is 6.07 Å². The number of nitriles is 1. The maximum absolute atomic E-state index is 9.08. The third-order valence-corrected chi connectivity index (χ3v) is 2.91. The molecule has 2 aromatic carbocycles. The first-order chi connectivity index (χ1) is 9.60. The van der Waals surface area contributed by atoms with Crippen LogP contribution in [0, 0.1) is 18.3 Å². The molecule has 0 aromatic heterocycles. The first-order valence-electron chi connectivity index (χ1n) is 6.30. The van der Waals surface area contributed by atoms with E-state index < -0.39 is 0 Å². The second-order valence-corrected chi connectivity index (χ2v) is 4.74. The van der Waals surface area contributed by atoms with Crippen LogP contribution in [0.1, 0.15) is 11.1 Å². The van der Waals surface area contributed by atoms with Gasteiger partial charge < -0.3 is 4.90 Å². The fraction of sp³-hybridized carbons (Fsp3) is 0.188. The van der Waals surface area contributed by atoms with Crippen molar-refractivity contribution in [2.75, 3.05) is 19.0 Å². The zero-order chi connectivity index (χ0) is 14.5. The number of hydrogen-bond acceptors (Lipinski definition) is 4. The smallest absolute Gasteiger partial charge is 0.103 e. The molecule has 0 fully saturated rings. The van der Waals surface area contributed by atoms with E-state index in [-0.39, 0.29) is 0 Å². The van der Waals surface area contributed by atoms with Crippen LogP contribution in [0.4, 0.5) is 17.1 Å². The summed E-state index contributed by atoms with van der Waals surface area (Å²) in [7, 11) is 3.98. The maximum atomic E-state index is 9.08. The molecule has 0 aliphatic carbocycles. The molecule has 100 valence electrons. The van der Waals surface area contributed by atoms with Crippen LogP contribution in [0.15, 0.2) is 52.7 Å². The molecule has 2 rings (SSSR count). The summed E-state index contributed by atoms with van der Waals surface area (Å²) in [5.41, 5.74) is 4.04. The van der Waals surface area contributed by atoms with Crippen LogP contribution in [0.3, 0.4) is 0 Å². The third-order valence-electron chi connectivity index (χ3n) is 2.91. The normalized spacial score (nSPS) is 10.5. The molecule has 0 atom stereocenters. The Balaban J connectivity index is 2.23. The molecular formula is C16H16N4. The highest BCUT2D eigenvalue weighted by Gasteiger charge is 2.01. The molecule has 0 heterocycles. The summed E-state index contributed by atoms with van der Waals surface area (Å²) in [5, 5.41) is 17.4. The quantitative estimate of drug-likeness (QED) is 0.774. The lowest BCUT2D eigenvalue weighted by atomic mass is 10.1. The molecule has 0 unspecified atom stereocenters. The molecule has 0 N–H and O–H groups in total.